The number of fused-ring (bicyclic) bond motifs is 1. The molecule has 3 aliphatic carbocycles. The number of β-amino-alcohol motifs (C(OH)–C–C–N with tert-alkyl or cyclic N) is 1. The predicted molar refractivity (Wildman–Crippen MR) is 117 cm³/mol. The Kier molecular flexibility index (Phi) is 6.19. The van der Waals surface area contributed by atoms with Crippen molar-refractivity contribution in [3.05, 3.63) is 35.9 Å². The van der Waals surface area contributed by atoms with Crippen molar-refractivity contribution >= 4 is 5.69 Å². The molecule has 1 saturated carbocycles. The first-order chi connectivity index (χ1) is 14.0. The third-order valence-electron chi connectivity index (χ3n) is 7.42. The van der Waals surface area contributed by atoms with Gasteiger partial charge in [-0.05, 0) is 47.8 Å². The molecule has 29 heavy (non-hydrogen) atoms. The second-order valence-electron chi connectivity index (χ2n) is 9.48. The highest BCUT2D eigenvalue weighted by molar-refractivity contribution is 5.51. The van der Waals surface area contributed by atoms with Crippen LogP contribution in [0.5, 0.6) is 5.75 Å². The summed E-state index contributed by atoms with van der Waals surface area (Å²) in [6.45, 7) is 10.4. The summed E-state index contributed by atoms with van der Waals surface area (Å²) in [6.07, 6.45) is 4.48. The number of hydrogen-bond acceptors (Lipinski definition) is 5. The molecular weight excluding hydrogens is 364 g/mol. The number of aliphatic hydroxyl groups is 1. The minimum absolute atomic E-state index is 0.421. The van der Waals surface area contributed by atoms with Gasteiger partial charge in [0.25, 0.3) is 0 Å². The molecule has 2 bridgehead atoms. The van der Waals surface area contributed by atoms with Crippen LogP contribution >= 0.6 is 0 Å². The number of anilines is 1. The Morgan fingerprint density at radius 1 is 1.21 bits per heavy atom. The van der Waals surface area contributed by atoms with Crippen LogP contribution in [0.3, 0.4) is 0 Å². The first kappa shape index (κ1) is 20.7. The maximum Gasteiger partial charge on any atom is 0.120 e. The Balaban J connectivity index is 1.17. The fourth-order valence-electron chi connectivity index (χ4n) is 5.30. The first-order valence-corrected chi connectivity index (χ1v) is 11.0. The molecule has 1 aliphatic heterocycles. The van der Waals surface area contributed by atoms with E-state index in [0.29, 0.717) is 31.1 Å². The van der Waals surface area contributed by atoms with Crippen molar-refractivity contribution < 1.29 is 14.6 Å². The molecule has 0 aromatic heterocycles. The highest BCUT2D eigenvalue weighted by atomic mass is 16.5. The summed E-state index contributed by atoms with van der Waals surface area (Å²) >= 11 is 0. The summed E-state index contributed by atoms with van der Waals surface area (Å²) in [6, 6.07) is 8.23. The zero-order valence-corrected chi connectivity index (χ0v) is 18.1. The Labute approximate surface area is 175 Å². The van der Waals surface area contributed by atoms with Crippen molar-refractivity contribution in [2.75, 3.05) is 57.9 Å². The van der Waals surface area contributed by atoms with Crippen LogP contribution in [-0.2, 0) is 4.74 Å². The number of piperazine rings is 1. The Hall–Kier alpha value is -1.56. The maximum atomic E-state index is 10.4. The van der Waals surface area contributed by atoms with E-state index >= 15 is 0 Å². The van der Waals surface area contributed by atoms with Crippen LogP contribution in [0.25, 0.3) is 0 Å². The third kappa shape index (κ3) is 4.47. The Morgan fingerprint density at radius 2 is 2.00 bits per heavy atom. The van der Waals surface area contributed by atoms with Crippen molar-refractivity contribution in [2.24, 2.45) is 17.3 Å². The lowest BCUT2D eigenvalue weighted by Gasteiger charge is -2.56. The summed E-state index contributed by atoms with van der Waals surface area (Å²) in [7, 11) is 1.70. The molecular formula is C24H36N2O3. The third-order valence-corrected chi connectivity index (χ3v) is 7.42. The van der Waals surface area contributed by atoms with Crippen LogP contribution < -0.4 is 9.64 Å². The van der Waals surface area contributed by atoms with Crippen molar-refractivity contribution in [1.82, 2.24) is 4.90 Å². The van der Waals surface area contributed by atoms with Crippen molar-refractivity contribution in [3.63, 3.8) is 0 Å². The van der Waals surface area contributed by atoms with E-state index in [2.05, 4.69) is 41.9 Å². The van der Waals surface area contributed by atoms with Gasteiger partial charge < -0.3 is 19.5 Å². The number of methoxy groups -OCH3 is 1. The average molecular weight is 401 g/mol. The van der Waals surface area contributed by atoms with Crippen LogP contribution in [0, 0.1) is 17.3 Å². The van der Waals surface area contributed by atoms with Crippen LogP contribution in [0.15, 0.2) is 35.9 Å². The van der Waals surface area contributed by atoms with Gasteiger partial charge in [0.15, 0.2) is 0 Å². The van der Waals surface area contributed by atoms with Gasteiger partial charge in [0.2, 0.25) is 0 Å². The van der Waals surface area contributed by atoms with E-state index in [1.165, 1.54) is 24.1 Å². The smallest absolute Gasteiger partial charge is 0.120 e. The molecule has 1 aromatic carbocycles. The number of aliphatic hydroxyl groups excluding tert-OH is 1. The molecule has 1 heterocycles. The molecule has 160 valence electrons. The van der Waals surface area contributed by atoms with Gasteiger partial charge in [0, 0.05) is 44.5 Å². The quantitative estimate of drug-likeness (QED) is 0.679. The van der Waals surface area contributed by atoms with E-state index < -0.39 is 6.10 Å². The van der Waals surface area contributed by atoms with Crippen molar-refractivity contribution in [3.8, 4) is 5.75 Å². The lowest BCUT2D eigenvalue weighted by molar-refractivity contribution is -0.0262. The van der Waals surface area contributed by atoms with E-state index in [9.17, 15) is 5.11 Å². The van der Waals surface area contributed by atoms with Gasteiger partial charge in [0.05, 0.1) is 26.4 Å². The highest BCUT2D eigenvalue weighted by Crippen LogP contribution is 2.59. The maximum absolute atomic E-state index is 10.4. The van der Waals surface area contributed by atoms with E-state index in [0.717, 1.165) is 37.8 Å². The predicted octanol–water partition coefficient (Wildman–Crippen LogP) is 3.19. The van der Waals surface area contributed by atoms with Gasteiger partial charge in [0.1, 0.15) is 5.75 Å². The fraction of sp³-hybridized carbons (Fsp3) is 0.667. The minimum atomic E-state index is -0.426. The van der Waals surface area contributed by atoms with Gasteiger partial charge >= 0.3 is 0 Å². The molecule has 5 rings (SSSR count). The average Bonchev–Trinajstić information content (AvgIpc) is 2.74. The van der Waals surface area contributed by atoms with Crippen LogP contribution in [0.2, 0.25) is 0 Å². The molecule has 4 aliphatic rings. The summed E-state index contributed by atoms with van der Waals surface area (Å²) in [5, 5.41) is 10.4. The Morgan fingerprint density at radius 3 is 2.69 bits per heavy atom. The molecule has 1 N–H and O–H groups in total. The molecule has 1 aromatic rings. The van der Waals surface area contributed by atoms with Gasteiger partial charge in [-0.2, -0.15) is 0 Å². The van der Waals surface area contributed by atoms with E-state index in [1.807, 2.05) is 12.1 Å². The molecule has 3 atom stereocenters. The summed E-state index contributed by atoms with van der Waals surface area (Å²) < 4.78 is 11.2. The van der Waals surface area contributed by atoms with Crippen molar-refractivity contribution in [1.29, 1.82) is 0 Å². The van der Waals surface area contributed by atoms with Crippen LogP contribution in [0.4, 0.5) is 5.69 Å². The van der Waals surface area contributed by atoms with E-state index in [-0.39, 0.29) is 0 Å². The number of allylic oxidation sites excluding steroid dienone is 1. The van der Waals surface area contributed by atoms with Gasteiger partial charge in [-0.3, -0.25) is 4.90 Å². The number of rotatable bonds is 8. The Bertz CT molecular complexity index is 725. The van der Waals surface area contributed by atoms with Gasteiger partial charge in [-0.25, -0.2) is 0 Å². The second-order valence-corrected chi connectivity index (χ2v) is 9.48. The molecule has 2 fully saturated rings. The van der Waals surface area contributed by atoms with Crippen LogP contribution in [0.1, 0.15) is 26.7 Å². The van der Waals surface area contributed by atoms with Gasteiger partial charge in [-0.15, -0.1) is 0 Å². The SMILES string of the molecule is COc1cccc(N2CCN(C[C@@H](O)COCC3=CC[C@@H]4C[C@H]3C4(C)C)CC2)c1. The lowest BCUT2D eigenvalue weighted by atomic mass is 9.49. The normalized spacial score (nSPS) is 27.2. The number of hydrogen-bond donors (Lipinski definition) is 1. The van der Waals surface area contributed by atoms with Crippen LogP contribution in [-0.4, -0.2) is 69.2 Å². The number of nitrogens with zero attached hydrogens (tertiary/aromatic N) is 2. The molecule has 5 nitrogen and oxygen atoms in total. The second kappa shape index (κ2) is 8.66. The van der Waals surface area contributed by atoms with E-state index in [1.54, 1.807) is 7.11 Å². The standard InChI is InChI=1S/C24H36N2O3/c1-24(2)19-8-7-18(23(24)13-19)16-29-17-21(27)15-25-9-11-26(12-10-25)20-5-4-6-22(14-20)28-3/h4-7,14,19,21,23,27H,8-13,15-17H2,1-3H3/t19-,21-,23-/m1/s1. The minimum Gasteiger partial charge on any atom is -0.497 e. The van der Waals surface area contributed by atoms with Crippen molar-refractivity contribution in [2.45, 2.75) is 32.8 Å². The monoisotopic (exact) mass is 400 g/mol. The molecule has 0 amide bonds. The molecule has 0 radical (unpaired) electrons. The van der Waals surface area contributed by atoms with E-state index in [4.69, 9.17) is 9.47 Å². The molecule has 1 saturated heterocycles. The summed E-state index contributed by atoms with van der Waals surface area (Å²) in [5.74, 6) is 2.44. The molecule has 0 spiro atoms. The number of benzene rings is 1. The largest absolute Gasteiger partial charge is 0.497 e. The van der Waals surface area contributed by atoms with Gasteiger partial charge in [-0.1, -0.05) is 26.0 Å². The first-order valence-electron chi connectivity index (χ1n) is 11.0. The highest BCUT2D eigenvalue weighted by Gasteiger charge is 2.50. The zero-order valence-electron chi connectivity index (χ0n) is 18.1. The molecule has 0 unspecified atom stereocenters. The summed E-state index contributed by atoms with van der Waals surface area (Å²) in [4.78, 5) is 4.72. The topological polar surface area (TPSA) is 45.2 Å². The lowest BCUT2D eigenvalue weighted by Crippen LogP contribution is -2.49. The number of ether oxygens (including phenoxy) is 2. The molecule has 5 heteroatoms. The summed E-state index contributed by atoms with van der Waals surface area (Å²) in [5.41, 5.74) is 3.10. The zero-order chi connectivity index (χ0) is 20.4. The fourth-order valence-corrected chi connectivity index (χ4v) is 5.30.